The molecule has 0 aromatic heterocycles. The molecule has 0 saturated carbocycles. The summed E-state index contributed by atoms with van der Waals surface area (Å²) in [5.41, 5.74) is 1.45. The topological polar surface area (TPSA) is 67.9 Å². The molecular formula is C24H29ClN2O4. The first-order valence-corrected chi connectivity index (χ1v) is 10.9. The molecule has 2 aromatic rings. The van der Waals surface area contributed by atoms with E-state index in [-0.39, 0.29) is 23.7 Å². The van der Waals surface area contributed by atoms with Crippen LogP contribution in [0.2, 0.25) is 5.02 Å². The second-order valence-electron chi connectivity index (χ2n) is 7.68. The highest BCUT2D eigenvalue weighted by atomic mass is 35.5. The molecule has 1 fully saturated rings. The van der Waals surface area contributed by atoms with Gasteiger partial charge in [-0.15, -0.1) is 0 Å². The Balaban J connectivity index is 1.89. The predicted octanol–water partition coefficient (Wildman–Crippen LogP) is 4.13. The van der Waals surface area contributed by atoms with E-state index < -0.39 is 0 Å². The normalized spacial score (nSPS) is 18.0. The fraction of sp³-hybridized carbons (Fsp3) is 0.417. The third-order valence-corrected chi connectivity index (χ3v) is 5.96. The number of ether oxygens (including phenoxy) is 2. The Morgan fingerprint density at radius 3 is 2.48 bits per heavy atom. The molecule has 1 aliphatic heterocycles. The first-order valence-electron chi connectivity index (χ1n) is 10.5. The van der Waals surface area contributed by atoms with Crippen molar-refractivity contribution in [3.63, 3.8) is 0 Å². The van der Waals surface area contributed by atoms with Crippen LogP contribution in [0, 0.1) is 5.92 Å². The van der Waals surface area contributed by atoms with Gasteiger partial charge in [-0.05, 0) is 36.8 Å². The number of hydrogen-bond donors (Lipinski definition) is 1. The maximum atomic E-state index is 13.1. The lowest BCUT2D eigenvalue weighted by Crippen LogP contribution is -2.36. The van der Waals surface area contributed by atoms with Crippen molar-refractivity contribution in [2.45, 2.75) is 25.7 Å². The lowest BCUT2D eigenvalue weighted by molar-refractivity contribution is -0.124. The average Bonchev–Trinajstić information content (AvgIpc) is 3.24. The van der Waals surface area contributed by atoms with Gasteiger partial charge < -0.3 is 19.7 Å². The van der Waals surface area contributed by atoms with Crippen molar-refractivity contribution in [3.05, 3.63) is 58.6 Å². The molecule has 2 aromatic carbocycles. The maximum absolute atomic E-state index is 13.1. The first-order chi connectivity index (χ1) is 15.0. The monoisotopic (exact) mass is 444 g/mol. The van der Waals surface area contributed by atoms with E-state index >= 15 is 0 Å². The van der Waals surface area contributed by atoms with Crippen molar-refractivity contribution < 1.29 is 19.1 Å². The molecule has 1 saturated heterocycles. The molecule has 0 aliphatic carbocycles. The van der Waals surface area contributed by atoms with Crippen LogP contribution in [0.1, 0.15) is 41.6 Å². The van der Waals surface area contributed by atoms with E-state index in [4.69, 9.17) is 21.1 Å². The molecule has 1 N–H and O–H groups in total. The Kier molecular flexibility index (Phi) is 7.80. The number of nitrogens with zero attached hydrogens (tertiary/aromatic N) is 1. The SMILES string of the molecule is CCCCNC(=O)[C@H]1CN(C(=O)c2ccc(Cl)cc2)C[C@@H]1c1ccc(OC)cc1OC. The highest BCUT2D eigenvalue weighted by molar-refractivity contribution is 6.30. The number of halogens is 1. The summed E-state index contributed by atoms with van der Waals surface area (Å²) in [6, 6.07) is 12.4. The number of amides is 2. The third-order valence-electron chi connectivity index (χ3n) is 5.70. The van der Waals surface area contributed by atoms with Crippen LogP contribution in [0.15, 0.2) is 42.5 Å². The van der Waals surface area contributed by atoms with E-state index in [1.807, 2.05) is 18.2 Å². The lowest BCUT2D eigenvalue weighted by Gasteiger charge is -2.21. The van der Waals surface area contributed by atoms with Gasteiger partial charge in [0.1, 0.15) is 11.5 Å². The van der Waals surface area contributed by atoms with Crippen molar-refractivity contribution in [1.29, 1.82) is 0 Å². The molecule has 0 bridgehead atoms. The van der Waals surface area contributed by atoms with Gasteiger partial charge in [0.2, 0.25) is 5.91 Å². The van der Waals surface area contributed by atoms with Gasteiger partial charge >= 0.3 is 0 Å². The predicted molar refractivity (Wildman–Crippen MR) is 121 cm³/mol. The van der Waals surface area contributed by atoms with Crippen LogP contribution in [0.25, 0.3) is 0 Å². The van der Waals surface area contributed by atoms with E-state index in [2.05, 4.69) is 12.2 Å². The van der Waals surface area contributed by atoms with Crippen LogP contribution in [0.3, 0.4) is 0 Å². The zero-order chi connectivity index (χ0) is 22.4. The van der Waals surface area contributed by atoms with Crippen LogP contribution >= 0.6 is 11.6 Å². The van der Waals surface area contributed by atoms with Crippen molar-refractivity contribution in [2.75, 3.05) is 33.9 Å². The standard InChI is InChI=1S/C24H29ClN2O4/c1-4-5-12-26-23(28)21-15-27(24(29)16-6-8-17(25)9-7-16)14-20(21)19-11-10-18(30-2)13-22(19)31-3/h6-11,13,20-21H,4-5,12,14-15H2,1-3H3,(H,26,28)/t20-,21+/m1/s1. The van der Waals surface area contributed by atoms with Gasteiger partial charge in [-0.25, -0.2) is 0 Å². The van der Waals surface area contributed by atoms with Gasteiger partial charge in [-0.2, -0.15) is 0 Å². The van der Waals surface area contributed by atoms with Crippen molar-refractivity contribution in [3.8, 4) is 11.5 Å². The minimum Gasteiger partial charge on any atom is -0.497 e. The summed E-state index contributed by atoms with van der Waals surface area (Å²) in [5.74, 6) is 0.628. The molecule has 2 amide bonds. The number of methoxy groups -OCH3 is 2. The largest absolute Gasteiger partial charge is 0.497 e. The zero-order valence-electron chi connectivity index (χ0n) is 18.2. The van der Waals surface area contributed by atoms with Gasteiger partial charge in [0.05, 0.1) is 20.1 Å². The van der Waals surface area contributed by atoms with E-state index in [0.29, 0.717) is 41.7 Å². The Bertz CT molecular complexity index is 916. The van der Waals surface area contributed by atoms with Gasteiger partial charge in [-0.3, -0.25) is 9.59 Å². The van der Waals surface area contributed by atoms with Crippen molar-refractivity contribution in [2.24, 2.45) is 5.92 Å². The van der Waals surface area contributed by atoms with Gasteiger partial charge in [0.15, 0.2) is 0 Å². The zero-order valence-corrected chi connectivity index (χ0v) is 18.9. The van der Waals surface area contributed by atoms with Gasteiger partial charge in [-0.1, -0.05) is 31.0 Å². The van der Waals surface area contributed by atoms with Crippen LogP contribution in [-0.2, 0) is 4.79 Å². The van der Waals surface area contributed by atoms with E-state index in [1.165, 1.54) is 0 Å². The number of likely N-dealkylation sites (tertiary alicyclic amines) is 1. The third kappa shape index (κ3) is 5.31. The summed E-state index contributed by atoms with van der Waals surface area (Å²) in [6.07, 6.45) is 1.92. The smallest absolute Gasteiger partial charge is 0.253 e. The summed E-state index contributed by atoms with van der Waals surface area (Å²) in [4.78, 5) is 27.9. The summed E-state index contributed by atoms with van der Waals surface area (Å²) in [5, 5.41) is 3.61. The minimum atomic E-state index is -0.365. The summed E-state index contributed by atoms with van der Waals surface area (Å²) in [7, 11) is 3.20. The number of hydrogen-bond acceptors (Lipinski definition) is 4. The van der Waals surface area contributed by atoms with E-state index in [9.17, 15) is 9.59 Å². The molecule has 7 heteroatoms. The molecule has 0 unspecified atom stereocenters. The van der Waals surface area contributed by atoms with Crippen LogP contribution in [0.4, 0.5) is 0 Å². The van der Waals surface area contributed by atoms with E-state index in [0.717, 1.165) is 18.4 Å². The van der Waals surface area contributed by atoms with Crippen LogP contribution in [-0.4, -0.2) is 50.6 Å². The molecule has 6 nitrogen and oxygen atoms in total. The van der Waals surface area contributed by atoms with Crippen molar-refractivity contribution in [1.82, 2.24) is 10.2 Å². The average molecular weight is 445 g/mol. The highest BCUT2D eigenvalue weighted by Crippen LogP contribution is 2.39. The van der Waals surface area contributed by atoms with Gasteiger partial charge in [0.25, 0.3) is 5.91 Å². The Hall–Kier alpha value is -2.73. The number of carbonyl (C=O) groups excluding carboxylic acids is 2. The number of unbranched alkanes of at least 4 members (excludes halogenated alkanes) is 1. The fourth-order valence-corrected chi connectivity index (χ4v) is 4.10. The second-order valence-corrected chi connectivity index (χ2v) is 8.12. The lowest BCUT2D eigenvalue weighted by atomic mass is 9.87. The molecule has 2 atom stereocenters. The van der Waals surface area contributed by atoms with Crippen LogP contribution in [0.5, 0.6) is 11.5 Å². The molecule has 1 heterocycles. The molecule has 0 spiro atoms. The second kappa shape index (κ2) is 10.5. The highest BCUT2D eigenvalue weighted by Gasteiger charge is 2.41. The number of carbonyl (C=O) groups is 2. The van der Waals surface area contributed by atoms with Crippen molar-refractivity contribution >= 4 is 23.4 Å². The minimum absolute atomic E-state index is 0.0391. The number of benzene rings is 2. The first kappa shape index (κ1) is 22.9. The fourth-order valence-electron chi connectivity index (χ4n) is 3.97. The molecule has 0 radical (unpaired) electrons. The Morgan fingerprint density at radius 2 is 1.84 bits per heavy atom. The molecule has 166 valence electrons. The molecule has 3 rings (SSSR count). The number of rotatable bonds is 8. The number of nitrogens with one attached hydrogen (secondary N) is 1. The Labute approximate surface area is 188 Å². The summed E-state index contributed by atoms with van der Waals surface area (Å²) < 4.78 is 10.9. The summed E-state index contributed by atoms with van der Waals surface area (Å²) >= 11 is 5.96. The Morgan fingerprint density at radius 1 is 1.10 bits per heavy atom. The van der Waals surface area contributed by atoms with Gasteiger partial charge in [0, 0.05) is 47.8 Å². The van der Waals surface area contributed by atoms with E-state index in [1.54, 1.807) is 43.4 Å². The molecular weight excluding hydrogens is 416 g/mol. The van der Waals surface area contributed by atoms with Crippen LogP contribution < -0.4 is 14.8 Å². The molecule has 1 aliphatic rings. The molecule has 31 heavy (non-hydrogen) atoms. The maximum Gasteiger partial charge on any atom is 0.253 e. The quantitative estimate of drug-likeness (QED) is 0.621. The summed E-state index contributed by atoms with van der Waals surface area (Å²) in [6.45, 7) is 3.48.